The van der Waals surface area contributed by atoms with Gasteiger partial charge in [-0.3, -0.25) is 29.6 Å². The summed E-state index contributed by atoms with van der Waals surface area (Å²) in [6.45, 7) is 11.1. The highest BCUT2D eigenvalue weighted by Gasteiger charge is 2.27. The first kappa shape index (κ1) is 37.6. The molecule has 2 aliphatic heterocycles. The van der Waals surface area contributed by atoms with E-state index in [0.717, 1.165) is 82.9 Å². The van der Waals surface area contributed by atoms with Crippen molar-refractivity contribution in [1.82, 2.24) is 45.3 Å². The number of piperidine rings is 2. The Balaban J connectivity index is 0.858. The molecule has 6 heterocycles. The van der Waals surface area contributed by atoms with E-state index >= 15 is 0 Å². The van der Waals surface area contributed by atoms with Crippen molar-refractivity contribution in [2.24, 2.45) is 0 Å². The molecule has 14 heteroatoms. The van der Waals surface area contributed by atoms with Crippen LogP contribution in [0.3, 0.4) is 0 Å². The monoisotopic (exact) mass is 766 g/mol. The number of aromatic nitrogens is 6. The number of pyridine rings is 1. The van der Waals surface area contributed by atoms with E-state index in [1.165, 1.54) is 5.56 Å². The van der Waals surface area contributed by atoms with Crippen LogP contribution >= 0.6 is 0 Å². The van der Waals surface area contributed by atoms with Gasteiger partial charge in [0.05, 0.1) is 23.1 Å². The van der Waals surface area contributed by atoms with E-state index in [9.17, 15) is 14.4 Å². The number of hydrogen-bond acceptors (Lipinski definition) is 11. The van der Waals surface area contributed by atoms with Gasteiger partial charge in [0.25, 0.3) is 11.7 Å². The van der Waals surface area contributed by atoms with Crippen LogP contribution in [0, 0.1) is 6.92 Å². The number of carbonyl (C=O) groups excluding carboxylic acids is 3. The third-order valence-electron chi connectivity index (χ3n) is 10.8. The normalized spacial score (nSPS) is 16.8. The van der Waals surface area contributed by atoms with Crippen molar-refractivity contribution >= 4 is 28.9 Å². The summed E-state index contributed by atoms with van der Waals surface area (Å²) in [5, 5.41) is 16.8. The average Bonchev–Trinajstić information content (AvgIpc) is 3.89. The number of amides is 3. The number of carbonyl (C=O) groups is 3. The summed E-state index contributed by atoms with van der Waals surface area (Å²) in [6, 6.07) is 20.6. The van der Waals surface area contributed by atoms with Crippen LogP contribution in [0.2, 0.25) is 0 Å². The number of rotatable bonds is 10. The molecule has 0 bridgehead atoms. The van der Waals surface area contributed by atoms with Gasteiger partial charge in [-0.25, -0.2) is 9.50 Å². The molecule has 8 rings (SSSR count). The molecular formula is C43H46N10O4. The van der Waals surface area contributed by atoms with Crippen LogP contribution < -0.4 is 16.0 Å². The lowest BCUT2D eigenvalue weighted by molar-refractivity contribution is -0.133. The molecule has 2 aromatic carbocycles. The van der Waals surface area contributed by atoms with E-state index in [-0.39, 0.29) is 29.0 Å². The van der Waals surface area contributed by atoms with Gasteiger partial charge in [-0.1, -0.05) is 62.3 Å². The van der Waals surface area contributed by atoms with Gasteiger partial charge in [0.15, 0.2) is 0 Å². The number of anilines is 1. The molecule has 0 spiro atoms. The van der Waals surface area contributed by atoms with Crippen LogP contribution in [0.5, 0.6) is 0 Å². The lowest BCUT2D eigenvalue weighted by atomic mass is 9.92. The van der Waals surface area contributed by atoms with Gasteiger partial charge in [-0.05, 0) is 85.8 Å². The summed E-state index contributed by atoms with van der Waals surface area (Å²) in [6.07, 6.45) is 8.29. The lowest BCUT2D eigenvalue weighted by Gasteiger charge is -2.31. The number of likely N-dealkylation sites (tertiary alicyclic amines) is 1. The van der Waals surface area contributed by atoms with Crippen LogP contribution in [0.4, 0.5) is 5.69 Å². The van der Waals surface area contributed by atoms with Gasteiger partial charge >= 0.3 is 0 Å². The zero-order chi connectivity index (χ0) is 39.7. The first-order chi connectivity index (χ1) is 27.5. The maximum Gasteiger partial charge on any atom is 0.292 e. The largest absolute Gasteiger partial charge is 0.372 e. The Morgan fingerprint density at radius 2 is 1.74 bits per heavy atom. The van der Waals surface area contributed by atoms with Crippen molar-refractivity contribution in [2.75, 3.05) is 18.4 Å². The number of aryl methyl sites for hydroxylation is 1. The third kappa shape index (κ3) is 8.46. The number of hydrogen-bond donors (Lipinski definition) is 3. The summed E-state index contributed by atoms with van der Waals surface area (Å²) in [5.74, 6) is -0.0519. The number of imide groups is 1. The first-order valence-corrected chi connectivity index (χ1v) is 19.4. The summed E-state index contributed by atoms with van der Waals surface area (Å²) < 4.78 is 7.14. The van der Waals surface area contributed by atoms with Crippen molar-refractivity contribution in [3.63, 3.8) is 0 Å². The fraction of sp³-hybridized carbons (Fsp3) is 0.349. The number of nitrogens with zero attached hydrogens (tertiary/aromatic N) is 7. The molecular weight excluding hydrogens is 721 g/mol. The van der Waals surface area contributed by atoms with E-state index in [1.54, 1.807) is 12.5 Å². The molecule has 6 aromatic rings. The molecule has 0 aliphatic carbocycles. The van der Waals surface area contributed by atoms with Crippen LogP contribution in [0.25, 0.3) is 27.9 Å². The highest BCUT2D eigenvalue weighted by molar-refractivity contribution is 6.01. The Bertz CT molecular complexity index is 2420. The molecule has 1 atom stereocenters. The smallest absolute Gasteiger partial charge is 0.292 e. The predicted molar refractivity (Wildman–Crippen MR) is 214 cm³/mol. The van der Waals surface area contributed by atoms with Gasteiger partial charge < -0.3 is 15.2 Å². The fourth-order valence-electron chi connectivity index (χ4n) is 7.44. The Morgan fingerprint density at radius 3 is 2.44 bits per heavy atom. The molecule has 2 fully saturated rings. The summed E-state index contributed by atoms with van der Waals surface area (Å²) in [7, 11) is 0. The highest BCUT2D eigenvalue weighted by Crippen LogP contribution is 2.31. The number of fused-ring (bicyclic) bond motifs is 1. The second-order valence-electron chi connectivity index (χ2n) is 16.0. The molecule has 14 nitrogen and oxygen atoms in total. The standard InChI is InChI=1S/C43H46N10O4/c1-26-19-30(9-10-31(26)21-45-41(56)39-50-42(57-51-39)43(2,3)4)38-36-20-32(24-53(36)47-25-46-38)28-7-5-27(6-8-28)23-52-17-15-29(16-18-52)34-12-11-33(22-44-34)48-35-13-14-37(54)49-40(35)55/h5-12,19-20,22,24-25,29,35,48H,13-18,21,23H2,1-4H3,(H,45,56)(H,49,54,55). The quantitative estimate of drug-likeness (QED) is 0.140. The predicted octanol–water partition coefficient (Wildman–Crippen LogP) is 5.97. The molecule has 57 heavy (non-hydrogen) atoms. The molecule has 292 valence electrons. The van der Waals surface area contributed by atoms with Gasteiger partial charge in [0.2, 0.25) is 17.7 Å². The average molecular weight is 767 g/mol. The third-order valence-corrected chi connectivity index (χ3v) is 10.8. The number of benzene rings is 2. The first-order valence-electron chi connectivity index (χ1n) is 19.4. The van der Waals surface area contributed by atoms with Gasteiger partial charge in [0.1, 0.15) is 12.4 Å². The summed E-state index contributed by atoms with van der Waals surface area (Å²) in [5.41, 5.74) is 9.64. The second-order valence-corrected chi connectivity index (χ2v) is 16.0. The van der Waals surface area contributed by atoms with Crippen LogP contribution in [0.1, 0.15) is 91.3 Å². The van der Waals surface area contributed by atoms with Gasteiger partial charge in [-0.2, -0.15) is 10.1 Å². The highest BCUT2D eigenvalue weighted by atomic mass is 16.5. The maximum absolute atomic E-state index is 12.7. The molecule has 1 unspecified atom stereocenters. The Morgan fingerprint density at radius 1 is 0.947 bits per heavy atom. The van der Waals surface area contributed by atoms with Crippen molar-refractivity contribution in [1.29, 1.82) is 0 Å². The Hall–Kier alpha value is -6.28. The number of nitrogens with one attached hydrogen (secondary N) is 3. The maximum atomic E-state index is 12.7. The minimum atomic E-state index is -0.416. The fourth-order valence-corrected chi connectivity index (χ4v) is 7.44. The summed E-state index contributed by atoms with van der Waals surface area (Å²) in [4.78, 5) is 52.4. The van der Waals surface area contributed by atoms with E-state index in [0.29, 0.717) is 31.2 Å². The van der Waals surface area contributed by atoms with E-state index < -0.39 is 6.04 Å². The van der Waals surface area contributed by atoms with Crippen molar-refractivity contribution in [3.8, 4) is 22.4 Å². The van der Waals surface area contributed by atoms with Crippen molar-refractivity contribution in [3.05, 3.63) is 113 Å². The zero-order valence-electron chi connectivity index (χ0n) is 32.6. The topological polar surface area (TPSA) is 173 Å². The minimum absolute atomic E-state index is 0.0229. The molecule has 4 aromatic heterocycles. The molecule has 2 aliphatic rings. The van der Waals surface area contributed by atoms with Crippen LogP contribution in [-0.2, 0) is 28.1 Å². The van der Waals surface area contributed by atoms with Crippen LogP contribution in [0.15, 0.2) is 83.9 Å². The molecule has 3 N–H and O–H groups in total. The summed E-state index contributed by atoms with van der Waals surface area (Å²) >= 11 is 0. The molecule has 3 amide bonds. The van der Waals surface area contributed by atoms with E-state index in [4.69, 9.17) is 9.51 Å². The lowest BCUT2D eigenvalue weighted by Crippen LogP contribution is -2.47. The molecule has 2 saturated heterocycles. The zero-order valence-corrected chi connectivity index (χ0v) is 32.6. The van der Waals surface area contributed by atoms with Crippen molar-refractivity contribution in [2.45, 2.75) is 83.8 Å². The Kier molecular flexibility index (Phi) is 10.4. The SMILES string of the molecule is Cc1cc(-c2ncnn3cc(-c4ccc(CN5CCC(c6ccc(NC7CCC(=O)NC7=O)cn6)CC5)cc4)cc23)ccc1CNC(=O)c1noc(C(C)(C)C)n1. The van der Waals surface area contributed by atoms with E-state index in [2.05, 4.69) is 83.5 Å². The van der Waals surface area contributed by atoms with Crippen molar-refractivity contribution < 1.29 is 18.9 Å². The second kappa shape index (κ2) is 15.7. The van der Waals surface area contributed by atoms with Gasteiger partial charge in [0, 0.05) is 53.9 Å². The Labute approximate surface area is 330 Å². The van der Waals surface area contributed by atoms with E-state index in [1.807, 2.05) is 56.6 Å². The van der Waals surface area contributed by atoms with Crippen LogP contribution in [-0.4, -0.2) is 71.5 Å². The minimum Gasteiger partial charge on any atom is -0.372 e. The molecule has 0 radical (unpaired) electrons. The molecule has 0 saturated carbocycles. The van der Waals surface area contributed by atoms with Gasteiger partial charge in [-0.15, -0.1) is 0 Å².